The lowest BCUT2D eigenvalue weighted by Gasteiger charge is -2.07. The van der Waals surface area contributed by atoms with Crippen LogP contribution in [0.2, 0.25) is 0 Å². The molecule has 0 radical (unpaired) electrons. The van der Waals surface area contributed by atoms with Crippen LogP contribution in [0.25, 0.3) is 0 Å². The van der Waals surface area contributed by atoms with Gasteiger partial charge in [-0.25, -0.2) is 0 Å². The predicted octanol–water partition coefficient (Wildman–Crippen LogP) is 7.56. The van der Waals surface area contributed by atoms with Crippen LogP contribution in [0.4, 0.5) is 0 Å². The number of halogens is 4. The third-order valence-electron chi connectivity index (χ3n) is 4.75. The first-order valence-electron chi connectivity index (χ1n) is 11.0. The van der Waals surface area contributed by atoms with Gasteiger partial charge in [0.15, 0.2) is 10.3 Å². The van der Waals surface area contributed by atoms with Gasteiger partial charge in [0.1, 0.15) is 0 Å². The quantitative estimate of drug-likeness (QED) is 0.169. The van der Waals surface area contributed by atoms with E-state index in [1.54, 1.807) is 48.5 Å². The number of rotatable bonds is 5. The molecule has 0 atom stereocenters. The van der Waals surface area contributed by atoms with Gasteiger partial charge in [-0.1, -0.05) is 116 Å². The number of nitrogens with zero attached hydrogens (tertiary/aromatic N) is 2. The zero-order valence-electron chi connectivity index (χ0n) is 19.6. The van der Waals surface area contributed by atoms with E-state index < -0.39 is 0 Å². The fourth-order valence-electron chi connectivity index (χ4n) is 2.82. The highest BCUT2D eigenvalue weighted by molar-refractivity contribution is 9.10. The molecule has 0 aliphatic rings. The van der Waals surface area contributed by atoms with Gasteiger partial charge in [-0.15, -0.1) is 10.2 Å². The van der Waals surface area contributed by atoms with E-state index in [1.807, 2.05) is 60.7 Å². The van der Waals surface area contributed by atoms with Crippen LogP contribution >= 0.6 is 55.1 Å². The average molecular weight is 675 g/mol. The van der Waals surface area contributed by atoms with Gasteiger partial charge in [0.2, 0.25) is 0 Å². The third kappa shape index (κ3) is 9.54. The van der Waals surface area contributed by atoms with Gasteiger partial charge in [-0.05, 0) is 48.5 Å². The van der Waals surface area contributed by atoms with Crippen molar-refractivity contribution in [3.8, 4) is 0 Å². The number of carbonyl (C=O) groups excluding carboxylic acids is 2. The second kappa shape index (κ2) is 15.2. The van der Waals surface area contributed by atoms with Gasteiger partial charge in [0, 0.05) is 31.2 Å². The molecule has 6 nitrogen and oxygen atoms in total. The zero-order valence-corrected chi connectivity index (χ0v) is 24.3. The van der Waals surface area contributed by atoms with Crippen LogP contribution in [0.15, 0.2) is 128 Å². The molecule has 0 saturated heterocycles. The van der Waals surface area contributed by atoms with Crippen LogP contribution in [0.1, 0.15) is 31.8 Å². The highest BCUT2D eigenvalue weighted by Gasteiger charge is 2.08. The van der Waals surface area contributed by atoms with E-state index in [-0.39, 0.29) is 11.8 Å². The van der Waals surface area contributed by atoms with Crippen molar-refractivity contribution in [3.63, 3.8) is 0 Å². The largest absolute Gasteiger partial charge is 0.269 e. The number of hydrazine groups is 1. The molecular weight excluding hydrogens is 655 g/mol. The Morgan fingerprint density at radius 2 is 0.816 bits per heavy atom. The Morgan fingerprint density at radius 1 is 0.500 bits per heavy atom. The lowest BCUT2D eigenvalue weighted by Crippen LogP contribution is -2.41. The van der Waals surface area contributed by atoms with Gasteiger partial charge in [-0.2, -0.15) is 0 Å². The molecule has 0 fully saturated rings. The van der Waals surface area contributed by atoms with Gasteiger partial charge >= 0.3 is 0 Å². The summed E-state index contributed by atoms with van der Waals surface area (Å²) in [5.41, 5.74) is 7.26. The first kappa shape index (κ1) is 29.3. The first-order chi connectivity index (χ1) is 18.3. The van der Waals surface area contributed by atoms with E-state index in [1.165, 1.54) is 0 Å². The topological polar surface area (TPSA) is 82.9 Å². The maximum atomic E-state index is 11.8. The molecule has 0 unspecified atom stereocenters. The molecule has 0 spiro atoms. The smallest absolute Gasteiger partial charge is 0.267 e. The highest BCUT2D eigenvalue weighted by atomic mass is 79.9. The molecule has 4 aromatic carbocycles. The number of carbonyl (C=O) groups is 2. The Hall–Kier alpha value is -3.30. The highest BCUT2D eigenvalue weighted by Crippen LogP contribution is 2.14. The second-order valence-electron chi connectivity index (χ2n) is 7.44. The Morgan fingerprint density at radius 3 is 1.24 bits per heavy atom. The van der Waals surface area contributed by atoms with Crippen LogP contribution in [0.3, 0.4) is 0 Å². The standard InChI is InChI=1S/C14H9BrCl2N2.C14H11BrN2O2/c15-12-8-6-11(7-9-12)14(17)19-18-13(16)10-4-2-1-3-5-10;15-12-8-6-11(7-9-12)14(19)17-16-13(18)10-4-2-1-3-5-10/h1-9H;1-9H,(H,16,18)(H,17,19)/b18-13-,19-14-;. The summed E-state index contributed by atoms with van der Waals surface area (Å²) in [7, 11) is 0. The van der Waals surface area contributed by atoms with Crippen molar-refractivity contribution < 1.29 is 9.59 Å². The van der Waals surface area contributed by atoms with Crippen LogP contribution in [0.5, 0.6) is 0 Å². The van der Waals surface area contributed by atoms with Crippen LogP contribution in [0, 0.1) is 0 Å². The summed E-state index contributed by atoms with van der Waals surface area (Å²) < 4.78 is 1.86. The molecule has 38 heavy (non-hydrogen) atoms. The summed E-state index contributed by atoms with van der Waals surface area (Å²) >= 11 is 18.7. The van der Waals surface area contributed by atoms with E-state index in [2.05, 4.69) is 52.9 Å². The lowest BCUT2D eigenvalue weighted by molar-refractivity contribution is 0.0846. The Kier molecular flexibility index (Phi) is 11.7. The minimum absolute atomic E-state index is 0.293. The number of benzene rings is 4. The summed E-state index contributed by atoms with van der Waals surface area (Å²) in [6, 6.07) is 32.4. The maximum absolute atomic E-state index is 11.8. The van der Waals surface area contributed by atoms with Crippen molar-refractivity contribution in [1.29, 1.82) is 0 Å². The van der Waals surface area contributed by atoms with Crippen molar-refractivity contribution in [2.45, 2.75) is 0 Å². The van der Waals surface area contributed by atoms with Crippen LogP contribution in [-0.4, -0.2) is 22.2 Å². The fraction of sp³-hybridized carbons (Fsp3) is 0. The van der Waals surface area contributed by atoms with Gasteiger partial charge < -0.3 is 0 Å². The Balaban J connectivity index is 0.000000211. The van der Waals surface area contributed by atoms with Gasteiger partial charge in [0.05, 0.1) is 0 Å². The molecule has 10 heteroatoms. The van der Waals surface area contributed by atoms with Crippen molar-refractivity contribution in [2.75, 3.05) is 0 Å². The molecule has 2 amide bonds. The molecule has 0 bridgehead atoms. The van der Waals surface area contributed by atoms with Gasteiger partial charge in [0.25, 0.3) is 11.8 Å². The number of amides is 2. The number of hydrogen-bond donors (Lipinski definition) is 2. The molecule has 4 aromatic rings. The molecule has 0 aliphatic heterocycles. The van der Waals surface area contributed by atoms with E-state index >= 15 is 0 Å². The fourth-order valence-corrected chi connectivity index (χ4v) is 3.67. The summed E-state index contributed by atoms with van der Waals surface area (Å²) in [5.74, 6) is -0.720. The number of nitrogens with one attached hydrogen (secondary N) is 2. The van der Waals surface area contributed by atoms with Crippen molar-refractivity contribution in [3.05, 3.63) is 140 Å². The first-order valence-corrected chi connectivity index (χ1v) is 13.4. The molecule has 0 aliphatic carbocycles. The summed E-state index contributed by atoms with van der Waals surface area (Å²) in [5, 5.41) is 8.44. The van der Waals surface area contributed by atoms with Gasteiger partial charge in [-0.3, -0.25) is 20.4 Å². The normalized spacial score (nSPS) is 11.2. The Labute approximate surface area is 247 Å². The van der Waals surface area contributed by atoms with E-state index in [0.29, 0.717) is 21.5 Å². The summed E-state index contributed by atoms with van der Waals surface area (Å²) in [4.78, 5) is 23.5. The van der Waals surface area contributed by atoms with E-state index in [0.717, 1.165) is 20.1 Å². The number of hydrogen-bond acceptors (Lipinski definition) is 4. The summed E-state index contributed by atoms with van der Waals surface area (Å²) in [6.45, 7) is 0. The molecule has 0 aromatic heterocycles. The average Bonchev–Trinajstić information content (AvgIpc) is 2.96. The molecule has 0 heterocycles. The second-order valence-corrected chi connectivity index (χ2v) is 9.98. The molecule has 4 rings (SSSR count). The van der Waals surface area contributed by atoms with E-state index in [4.69, 9.17) is 23.2 Å². The lowest BCUT2D eigenvalue weighted by atomic mass is 10.2. The minimum Gasteiger partial charge on any atom is -0.267 e. The monoisotopic (exact) mass is 672 g/mol. The zero-order chi connectivity index (χ0) is 27.3. The van der Waals surface area contributed by atoms with Crippen molar-refractivity contribution in [1.82, 2.24) is 10.9 Å². The maximum Gasteiger partial charge on any atom is 0.269 e. The third-order valence-corrected chi connectivity index (χ3v) is 6.40. The predicted molar refractivity (Wildman–Crippen MR) is 161 cm³/mol. The minimum atomic E-state index is -0.364. The van der Waals surface area contributed by atoms with Crippen LogP contribution < -0.4 is 10.9 Å². The van der Waals surface area contributed by atoms with E-state index in [9.17, 15) is 9.59 Å². The Bertz CT molecular complexity index is 1420. The van der Waals surface area contributed by atoms with Crippen LogP contribution in [-0.2, 0) is 0 Å². The molecule has 0 saturated carbocycles. The van der Waals surface area contributed by atoms with Crippen molar-refractivity contribution >= 4 is 77.2 Å². The molecular formula is C28H20Br2Cl2N4O2. The molecule has 192 valence electrons. The van der Waals surface area contributed by atoms with Crippen molar-refractivity contribution in [2.24, 2.45) is 10.2 Å². The SMILES string of the molecule is Cl/C(=N\N=C(/Cl)c1ccc(Br)cc1)c1ccccc1.O=C(NNC(=O)c1ccc(Br)cc1)c1ccccc1. The summed E-state index contributed by atoms with van der Waals surface area (Å²) in [6.07, 6.45) is 0. The molecule has 2 N–H and O–H groups in total.